The fourth-order valence-corrected chi connectivity index (χ4v) is 4.24. The molecule has 0 radical (unpaired) electrons. The van der Waals surface area contributed by atoms with E-state index in [9.17, 15) is 9.65 Å². The van der Waals surface area contributed by atoms with Gasteiger partial charge in [-0.15, -0.1) is 0 Å². The van der Waals surface area contributed by atoms with Crippen molar-refractivity contribution in [3.63, 3.8) is 0 Å². The maximum absolute atomic E-state index is 14.3. The number of nitriles is 1. The van der Waals surface area contributed by atoms with E-state index in [2.05, 4.69) is 38.1 Å². The van der Waals surface area contributed by atoms with Crippen LogP contribution in [0.1, 0.15) is 60.9 Å². The number of rotatable bonds is 5. The first-order chi connectivity index (χ1) is 14.1. The zero-order chi connectivity index (χ0) is 20.5. The number of hydrogen-bond donors (Lipinski definition) is 0. The number of aryl methyl sites for hydroxylation is 1. The average molecular weight is 381 g/mol. The molecule has 0 amide bonds. The molecule has 144 valence electrons. The molecule has 1 atom stereocenters. The van der Waals surface area contributed by atoms with Crippen LogP contribution in [0.4, 0.5) is 4.39 Å². The first-order valence-corrected chi connectivity index (χ1v) is 10.2. The maximum atomic E-state index is 14.3. The van der Waals surface area contributed by atoms with Crippen molar-refractivity contribution < 1.29 is 4.39 Å². The lowest BCUT2D eigenvalue weighted by atomic mass is 9.91. The van der Waals surface area contributed by atoms with Crippen LogP contribution >= 0.6 is 0 Å². The molecule has 0 saturated heterocycles. The summed E-state index contributed by atoms with van der Waals surface area (Å²) in [5, 5.41) is 9.61. The van der Waals surface area contributed by atoms with E-state index in [4.69, 9.17) is 0 Å². The van der Waals surface area contributed by atoms with Crippen molar-refractivity contribution in [3.8, 4) is 28.3 Å². The Morgan fingerprint density at radius 1 is 1.07 bits per heavy atom. The Hall–Kier alpha value is -3.18. The third-order valence-electron chi connectivity index (χ3n) is 5.78. The van der Waals surface area contributed by atoms with E-state index in [1.807, 2.05) is 43.3 Å². The van der Waals surface area contributed by atoms with Gasteiger partial charge in [0.05, 0.1) is 11.6 Å². The molecular formula is C27H24FN. The molecule has 0 fully saturated rings. The van der Waals surface area contributed by atoms with Gasteiger partial charge in [0.2, 0.25) is 0 Å². The van der Waals surface area contributed by atoms with Crippen molar-refractivity contribution >= 4 is 6.08 Å². The SMILES string of the molecule is CC=Cc1ccc(-c2ccc3c(c2-c2ccc(F)c(CCC)c2)C3C)cc1C#N. The quantitative estimate of drug-likeness (QED) is 0.449. The molecule has 1 unspecified atom stereocenters. The van der Waals surface area contributed by atoms with E-state index >= 15 is 0 Å². The lowest BCUT2D eigenvalue weighted by Crippen LogP contribution is -1.93. The lowest BCUT2D eigenvalue weighted by molar-refractivity contribution is 0.607. The molecule has 3 aromatic rings. The van der Waals surface area contributed by atoms with E-state index in [0.29, 0.717) is 11.5 Å². The van der Waals surface area contributed by atoms with Crippen LogP contribution in [-0.2, 0) is 6.42 Å². The molecule has 0 saturated carbocycles. The second kappa shape index (κ2) is 7.68. The number of allylic oxidation sites excluding steroid dienone is 1. The Bertz CT molecular complexity index is 1160. The zero-order valence-corrected chi connectivity index (χ0v) is 17.1. The van der Waals surface area contributed by atoms with Crippen molar-refractivity contribution in [2.75, 3.05) is 0 Å². The van der Waals surface area contributed by atoms with Crippen molar-refractivity contribution in [2.24, 2.45) is 0 Å². The van der Waals surface area contributed by atoms with Crippen LogP contribution in [0.2, 0.25) is 0 Å². The molecule has 0 N–H and O–H groups in total. The van der Waals surface area contributed by atoms with Gasteiger partial charge in [0.25, 0.3) is 0 Å². The van der Waals surface area contributed by atoms with Crippen molar-refractivity contribution in [2.45, 2.75) is 39.5 Å². The largest absolute Gasteiger partial charge is 0.207 e. The van der Waals surface area contributed by atoms with E-state index in [1.165, 1.54) is 16.7 Å². The molecule has 0 bridgehead atoms. The fraction of sp³-hybridized carbons (Fsp3) is 0.222. The minimum atomic E-state index is -0.135. The Labute approximate surface area is 172 Å². The first-order valence-electron chi connectivity index (χ1n) is 10.2. The van der Waals surface area contributed by atoms with Gasteiger partial charge in [0.15, 0.2) is 0 Å². The monoisotopic (exact) mass is 381 g/mol. The van der Waals surface area contributed by atoms with E-state index in [-0.39, 0.29) is 5.82 Å². The molecule has 3 aromatic carbocycles. The normalized spacial score (nSPS) is 14.7. The third kappa shape index (κ3) is 3.38. The topological polar surface area (TPSA) is 23.8 Å². The summed E-state index contributed by atoms with van der Waals surface area (Å²) in [6, 6.07) is 18.2. The highest BCUT2D eigenvalue weighted by Crippen LogP contribution is 2.52. The van der Waals surface area contributed by atoms with Crippen LogP contribution in [0, 0.1) is 17.1 Å². The van der Waals surface area contributed by atoms with Crippen LogP contribution in [0.3, 0.4) is 0 Å². The smallest absolute Gasteiger partial charge is 0.126 e. The Kier molecular flexibility index (Phi) is 5.07. The maximum Gasteiger partial charge on any atom is 0.126 e. The van der Waals surface area contributed by atoms with Gasteiger partial charge >= 0.3 is 0 Å². The molecule has 0 aliphatic heterocycles. The van der Waals surface area contributed by atoms with E-state index in [0.717, 1.165) is 40.7 Å². The van der Waals surface area contributed by atoms with Crippen molar-refractivity contribution in [3.05, 3.63) is 88.2 Å². The number of fused-ring (bicyclic) bond motifs is 1. The summed E-state index contributed by atoms with van der Waals surface area (Å²) < 4.78 is 14.3. The first kappa shape index (κ1) is 19.2. The molecule has 29 heavy (non-hydrogen) atoms. The van der Waals surface area contributed by atoms with E-state index in [1.54, 1.807) is 6.07 Å². The molecule has 1 aliphatic carbocycles. The highest BCUT2D eigenvalue weighted by molar-refractivity contribution is 5.91. The number of benzene rings is 3. The number of hydrogen-bond acceptors (Lipinski definition) is 1. The van der Waals surface area contributed by atoms with Crippen LogP contribution in [0.15, 0.2) is 54.6 Å². The Morgan fingerprint density at radius 2 is 1.86 bits per heavy atom. The van der Waals surface area contributed by atoms with Gasteiger partial charge in [-0.2, -0.15) is 5.26 Å². The molecule has 1 nitrogen and oxygen atoms in total. The van der Waals surface area contributed by atoms with Gasteiger partial charge in [-0.05, 0) is 76.1 Å². The second-order valence-electron chi connectivity index (χ2n) is 7.68. The van der Waals surface area contributed by atoms with Crippen LogP contribution in [0.25, 0.3) is 28.3 Å². The van der Waals surface area contributed by atoms with Gasteiger partial charge in [-0.3, -0.25) is 0 Å². The molecular weight excluding hydrogens is 357 g/mol. The van der Waals surface area contributed by atoms with Gasteiger partial charge in [0, 0.05) is 5.92 Å². The van der Waals surface area contributed by atoms with Crippen LogP contribution in [-0.4, -0.2) is 0 Å². The minimum Gasteiger partial charge on any atom is -0.207 e. The van der Waals surface area contributed by atoms with Gasteiger partial charge in [-0.1, -0.05) is 62.8 Å². The highest BCUT2D eigenvalue weighted by Gasteiger charge is 2.33. The molecule has 0 aromatic heterocycles. The minimum absolute atomic E-state index is 0.135. The standard InChI is InChI=1S/C27H24FN/c1-4-6-18-8-9-19(14-22(18)16-29)24-12-11-23-17(3)26(23)27(24)21-10-13-25(28)20(15-21)7-5-2/h4,6,8-15,17H,5,7H2,1-3H3. The van der Waals surface area contributed by atoms with Crippen molar-refractivity contribution in [1.82, 2.24) is 0 Å². The van der Waals surface area contributed by atoms with Gasteiger partial charge in [-0.25, -0.2) is 4.39 Å². The number of nitrogens with zero attached hydrogens (tertiary/aromatic N) is 1. The zero-order valence-electron chi connectivity index (χ0n) is 17.1. The molecule has 0 spiro atoms. The lowest BCUT2D eigenvalue weighted by Gasteiger charge is -2.13. The van der Waals surface area contributed by atoms with Crippen molar-refractivity contribution in [1.29, 1.82) is 5.26 Å². The number of halogens is 1. The summed E-state index contributed by atoms with van der Waals surface area (Å²) in [5.41, 5.74) is 9.41. The predicted octanol–water partition coefficient (Wildman–Crippen LogP) is 7.48. The van der Waals surface area contributed by atoms with Crippen LogP contribution < -0.4 is 0 Å². The molecule has 1 aliphatic rings. The second-order valence-corrected chi connectivity index (χ2v) is 7.68. The fourth-order valence-electron chi connectivity index (χ4n) is 4.24. The Balaban J connectivity index is 1.90. The molecule has 4 rings (SSSR count). The predicted molar refractivity (Wildman–Crippen MR) is 118 cm³/mol. The summed E-state index contributed by atoms with van der Waals surface area (Å²) >= 11 is 0. The Morgan fingerprint density at radius 3 is 2.59 bits per heavy atom. The van der Waals surface area contributed by atoms with Gasteiger partial charge in [0.1, 0.15) is 5.82 Å². The van der Waals surface area contributed by atoms with Crippen LogP contribution in [0.5, 0.6) is 0 Å². The van der Waals surface area contributed by atoms with E-state index < -0.39 is 0 Å². The summed E-state index contributed by atoms with van der Waals surface area (Å²) in [7, 11) is 0. The van der Waals surface area contributed by atoms with Gasteiger partial charge < -0.3 is 0 Å². The summed E-state index contributed by atoms with van der Waals surface area (Å²) in [6.45, 7) is 6.23. The summed E-state index contributed by atoms with van der Waals surface area (Å²) in [6.07, 6.45) is 5.54. The molecule has 0 heterocycles. The third-order valence-corrected chi connectivity index (χ3v) is 5.78. The summed E-state index contributed by atoms with van der Waals surface area (Å²) in [5.74, 6) is 0.292. The summed E-state index contributed by atoms with van der Waals surface area (Å²) in [4.78, 5) is 0. The molecule has 2 heteroatoms. The highest BCUT2D eigenvalue weighted by atomic mass is 19.1. The average Bonchev–Trinajstić information content (AvgIpc) is 3.40.